The number of hydrogen-bond donors (Lipinski definition) is 1. The summed E-state index contributed by atoms with van der Waals surface area (Å²) in [7, 11) is -1.74. The summed E-state index contributed by atoms with van der Waals surface area (Å²) in [6.45, 7) is 2.15. The molecular weight excluding hydrogens is 288 g/mol. The fourth-order valence-corrected chi connectivity index (χ4v) is 4.05. The quantitative estimate of drug-likeness (QED) is 0.828. The maximum absolute atomic E-state index is 12.6. The molecule has 1 aliphatic rings. The third kappa shape index (κ3) is 4.23. The van der Waals surface area contributed by atoms with E-state index in [2.05, 4.69) is 4.98 Å². The molecule has 21 heavy (non-hydrogen) atoms. The van der Waals surface area contributed by atoms with Gasteiger partial charge in [-0.05, 0) is 49.4 Å². The van der Waals surface area contributed by atoms with E-state index in [0.717, 1.165) is 18.4 Å². The molecule has 0 aliphatic carbocycles. The molecule has 1 aromatic rings. The van der Waals surface area contributed by atoms with Crippen molar-refractivity contribution in [1.82, 2.24) is 13.6 Å². The summed E-state index contributed by atoms with van der Waals surface area (Å²) in [6, 6.07) is 3.82. The molecule has 1 atom stereocenters. The predicted molar refractivity (Wildman–Crippen MR) is 82.8 cm³/mol. The first-order valence-corrected chi connectivity index (χ1v) is 8.74. The Bertz CT molecular complexity index is 535. The highest BCUT2D eigenvalue weighted by Gasteiger charge is 2.31. The Hall–Kier alpha value is -1.02. The number of piperidine rings is 1. The van der Waals surface area contributed by atoms with Crippen molar-refractivity contribution in [1.29, 1.82) is 0 Å². The number of hydrogen-bond acceptors (Lipinski definition) is 4. The first-order valence-electron chi connectivity index (χ1n) is 7.34. The Balaban J connectivity index is 1.95. The van der Waals surface area contributed by atoms with Crippen molar-refractivity contribution in [3.05, 3.63) is 30.1 Å². The number of aromatic nitrogens is 1. The van der Waals surface area contributed by atoms with Crippen molar-refractivity contribution in [2.75, 3.05) is 33.2 Å². The van der Waals surface area contributed by atoms with E-state index in [4.69, 9.17) is 5.73 Å². The first kappa shape index (κ1) is 16.4. The highest BCUT2D eigenvalue weighted by Crippen LogP contribution is 2.20. The highest BCUT2D eigenvalue weighted by atomic mass is 32.2. The topological polar surface area (TPSA) is 79.5 Å². The second-order valence-electron chi connectivity index (χ2n) is 5.54. The van der Waals surface area contributed by atoms with E-state index in [1.54, 1.807) is 23.7 Å². The van der Waals surface area contributed by atoms with E-state index >= 15 is 0 Å². The van der Waals surface area contributed by atoms with E-state index in [1.165, 1.54) is 4.31 Å². The van der Waals surface area contributed by atoms with Crippen LogP contribution in [0.5, 0.6) is 0 Å². The molecule has 2 N–H and O–H groups in total. The van der Waals surface area contributed by atoms with Crippen LogP contribution in [0.1, 0.15) is 18.4 Å². The molecule has 6 nitrogen and oxygen atoms in total. The van der Waals surface area contributed by atoms with Crippen LogP contribution >= 0.6 is 0 Å². The molecule has 0 bridgehead atoms. The minimum atomic E-state index is -3.38. The van der Waals surface area contributed by atoms with Crippen molar-refractivity contribution in [3.8, 4) is 0 Å². The van der Waals surface area contributed by atoms with Crippen molar-refractivity contribution in [2.24, 2.45) is 11.7 Å². The number of rotatable bonds is 6. The average molecular weight is 312 g/mol. The van der Waals surface area contributed by atoms with Gasteiger partial charge >= 0.3 is 0 Å². The van der Waals surface area contributed by atoms with E-state index in [-0.39, 0.29) is 5.92 Å². The van der Waals surface area contributed by atoms with Gasteiger partial charge in [-0.3, -0.25) is 4.98 Å². The lowest BCUT2D eigenvalue weighted by Crippen LogP contribution is -2.48. The third-order valence-corrected chi connectivity index (χ3v) is 5.95. The molecule has 1 fully saturated rings. The van der Waals surface area contributed by atoms with E-state index in [0.29, 0.717) is 32.6 Å². The van der Waals surface area contributed by atoms with Crippen molar-refractivity contribution >= 4 is 10.2 Å². The van der Waals surface area contributed by atoms with Crippen LogP contribution in [-0.2, 0) is 16.6 Å². The van der Waals surface area contributed by atoms with Crippen LogP contribution in [0.3, 0.4) is 0 Å². The van der Waals surface area contributed by atoms with Crippen molar-refractivity contribution in [3.63, 3.8) is 0 Å². The molecule has 7 heteroatoms. The smallest absolute Gasteiger partial charge is 0.281 e. The van der Waals surface area contributed by atoms with E-state index < -0.39 is 10.2 Å². The minimum Gasteiger partial charge on any atom is -0.330 e. The van der Waals surface area contributed by atoms with Crippen LogP contribution in [0.15, 0.2) is 24.5 Å². The number of pyridine rings is 1. The molecular formula is C14H24N4O2S. The molecule has 118 valence electrons. The maximum Gasteiger partial charge on any atom is 0.281 e. The normalized spacial score (nSPS) is 20.8. The Morgan fingerprint density at radius 3 is 2.81 bits per heavy atom. The fraction of sp³-hybridized carbons (Fsp3) is 0.643. The summed E-state index contributed by atoms with van der Waals surface area (Å²) >= 11 is 0. The molecule has 1 saturated heterocycles. The van der Waals surface area contributed by atoms with Gasteiger partial charge in [0.25, 0.3) is 10.2 Å². The zero-order chi connectivity index (χ0) is 15.3. The van der Waals surface area contributed by atoms with Gasteiger partial charge in [0, 0.05) is 39.1 Å². The molecule has 0 amide bonds. The maximum atomic E-state index is 12.6. The van der Waals surface area contributed by atoms with Gasteiger partial charge < -0.3 is 5.73 Å². The number of nitrogens with zero attached hydrogens (tertiary/aromatic N) is 3. The van der Waals surface area contributed by atoms with Crippen LogP contribution in [0, 0.1) is 5.92 Å². The second-order valence-corrected chi connectivity index (χ2v) is 7.57. The fourth-order valence-electron chi connectivity index (χ4n) is 2.58. The van der Waals surface area contributed by atoms with E-state index in [9.17, 15) is 8.42 Å². The summed E-state index contributed by atoms with van der Waals surface area (Å²) in [5.41, 5.74) is 6.77. The Morgan fingerprint density at radius 2 is 2.14 bits per heavy atom. The van der Waals surface area contributed by atoms with Gasteiger partial charge in [0.2, 0.25) is 0 Å². The van der Waals surface area contributed by atoms with E-state index in [1.807, 2.05) is 12.1 Å². The summed E-state index contributed by atoms with van der Waals surface area (Å²) in [5, 5.41) is 0. The van der Waals surface area contributed by atoms with Crippen LogP contribution in [0.4, 0.5) is 0 Å². The summed E-state index contributed by atoms with van der Waals surface area (Å²) in [5.74, 6) is 0.280. The standard InChI is InChI=1S/C14H24N4O2S/c1-17(10-6-13-4-7-16-8-5-13)21(19,20)18-9-2-3-14(11-15)12-18/h4-5,7-8,14H,2-3,6,9-12,15H2,1H3. The largest absolute Gasteiger partial charge is 0.330 e. The molecule has 0 radical (unpaired) electrons. The van der Waals surface area contributed by atoms with Gasteiger partial charge in [0.1, 0.15) is 0 Å². The average Bonchev–Trinajstić information content (AvgIpc) is 2.53. The van der Waals surface area contributed by atoms with Gasteiger partial charge in [-0.1, -0.05) is 0 Å². The molecule has 2 rings (SSSR count). The summed E-state index contributed by atoms with van der Waals surface area (Å²) in [6.07, 6.45) is 6.04. The Morgan fingerprint density at radius 1 is 1.43 bits per heavy atom. The number of likely N-dealkylation sites (N-methyl/N-ethyl adjacent to an activating group) is 1. The van der Waals surface area contributed by atoms with Gasteiger partial charge in [0.05, 0.1) is 0 Å². The molecule has 0 spiro atoms. The SMILES string of the molecule is CN(CCc1ccncc1)S(=O)(=O)N1CCCC(CN)C1. The van der Waals surface area contributed by atoms with Crippen LogP contribution in [-0.4, -0.2) is 55.2 Å². The Kier molecular flexibility index (Phi) is 5.69. The summed E-state index contributed by atoms with van der Waals surface area (Å²) < 4.78 is 28.1. The third-order valence-electron chi connectivity index (χ3n) is 4.00. The van der Waals surface area contributed by atoms with Gasteiger partial charge in [-0.15, -0.1) is 0 Å². The summed E-state index contributed by atoms with van der Waals surface area (Å²) in [4.78, 5) is 3.96. The molecule has 0 saturated carbocycles. The van der Waals surface area contributed by atoms with Gasteiger partial charge in [-0.2, -0.15) is 17.0 Å². The zero-order valence-electron chi connectivity index (χ0n) is 12.5. The molecule has 1 aromatic heterocycles. The monoisotopic (exact) mass is 312 g/mol. The van der Waals surface area contributed by atoms with Crippen LogP contribution in [0.25, 0.3) is 0 Å². The molecule has 1 unspecified atom stereocenters. The molecule has 1 aliphatic heterocycles. The lowest BCUT2D eigenvalue weighted by molar-refractivity contribution is 0.256. The zero-order valence-corrected chi connectivity index (χ0v) is 13.3. The minimum absolute atomic E-state index is 0.280. The van der Waals surface area contributed by atoms with Crippen molar-refractivity contribution < 1.29 is 8.42 Å². The first-order chi connectivity index (χ1) is 10.0. The van der Waals surface area contributed by atoms with Crippen LogP contribution in [0.2, 0.25) is 0 Å². The number of nitrogens with two attached hydrogens (primary N) is 1. The lowest BCUT2D eigenvalue weighted by Gasteiger charge is -2.34. The highest BCUT2D eigenvalue weighted by molar-refractivity contribution is 7.86. The lowest BCUT2D eigenvalue weighted by atomic mass is 10.0. The molecule has 2 heterocycles. The van der Waals surface area contributed by atoms with Crippen molar-refractivity contribution in [2.45, 2.75) is 19.3 Å². The Labute approximate surface area is 127 Å². The van der Waals surface area contributed by atoms with Gasteiger partial charge in [0.15, 0.2) is 0 Å². The predicted octanol–water partition coefficient (Wildman–Crippen LogP) is 0.471. The second kappa shape index (κ2) is 7.31. The van der Waals surface area contributed by atoms with Gasteiger partial charge in [-0.25, -0.2) is 0 Å². The van der Waals surface area contributed by atoms with Crippen LogP contribution < -0.4 is 5.73 Å². The molecule has 0 aromatic carbocycles.